The summed E-state index contributed by atoms with van der Waals surface area (Å²) in [4.78, 5) is 44.0. The van der Waals surface area contributed by atoms with E-state index in [1.807, 2.05) is 0 Å². The van der Waals surface area contributed by atoms with Gasteiger partial charge in [-0.05, 0) is 108 Å². The number of hydrogen-bond donors (Lipinski definition) is 5. The van der Waals surface area contributed by atoms with Gasteiger partial charge in [-0.3, -0.25) is 15.1 Å². The van der Waals surface area contributed by atoms with Crippen LogP contribution in [0, 0.1) is 17.8 Å². The molecule has 5 N–H and O–H groups in total. The number of hydrogen-bond acceptors (Lipinski definition) is 7. The van der Waals surface area contributed by atoms with E-state index in [0.29, 0.717) is 18.8 Å². The van der Waals surface area contributed by atoms with Gasteiger partial charge >= 0.3 is 29.2 Å². The van der Waals surface area contributed by atoms with Crippen molar-refractivity contribution in [3.8, 4) is 0 Å². The van der Waals surface area contributed by atoms with Crippen LogP contribution in [0.3, 0.4) is 0 Å². The van der Waals surface area contributed by atoms with Gasteiger partial charge in [-0.2, -0.15) is 0 Å². The summed E-state index contributed by atoms with van der Waals surface area (Å²) in [7, 11) is -8.54. The molecule has 12 nitrogen and oxygen atoms in total. The number of H-pyrrole nitrogens is 1. The standard InChI is InChI=1S/C29H60N6O6Si4/c1-22-17-24(36)34-25(32-22)35-27(38)31-21-29(4)19-23(18-28(2,3)20-29)33-26(37)30-15-14-16-45(13,40-43(8,9)10)41-44(11,12)39-42(5,6)7/h17,23H,14-16,18-21H2,1-13H3,(H2,30,33,37)(H3,31,32,34,35,36,38). The molecule has 45 heavy (non-hydrogen) atoms. The van der Waals surface area contributed by atoms with Crippen LogP contribution >= 0.6 is 0 Å². The van der Waals surface area contributed by atoms with E-state index >= 15 is 0 Å². The van der Waals surface area contributed by atoms with Crippen molar-refractivity contribution in [3.63, 3.8) is 0 Å². The highest BCUT2D eigenvalue weighted by Crippen LogP contribution is 2.45. The molecule has 1 heterocycles. The van der Waals surface area contributed by atoms with E-state index in [9.17, 15) is 14.4 Å². The minimum absolute atomic E-state index is 0.0277. The monoisotopic (exact) mass is 700 g/mol. The smallest absolute Gasteiger partial charge is 0.321 e. The predicted octanol–water partition coefficient (Wildman–Crippen LogP) is 5.97. The lowest BCUT2D eigenvalue weighted by atomic mass is 9.62. The molecule has 0 radical (unpaired) electrons. The summed E-state index contributed by atoms with van der Waals surface area (Å²) in [6, 6.07) is 1.47. The number of urea groups is 2. The Morgan fingerprint density at radius 3 is 2.13 bits per heavy atom. The molecule has 1 aliphatic rings. The van der Waals surface area contributed by atoms with E-state index in [2.05, 4.69) is 111 Å². The van der Waals surface area contributed by atoms with Crippen LogP contribution in [0.15, 0.2) is 10.9 Å². The highest BCUT2D eigenvalue weighted by molar-refractivity contribution is 6.89. The highest BCUT2D eigenvalue weighted by atomic mass is 28.5. The summed E-state index contributed by atoms with van der Waals surface area (Å²) in [6.45, 7) is 28.6. The van der Waals surface area contributed by atoms with Crippen LogP contribution in [0.5, 0.6) is 0 Å². The summed E-state index contributed by atoms with van der Waals surface area (Å²) in [5.41, 5.74) is -0.0739. The molecule has 2 rings (SSSR count). The van der Waals surface area contributed by atoms with Crippen molar-refractivity contribution in [1.29, 1.82) is 0 Å². The Labute approximate surface area is 274 Å². The molecule has 0 spiro atoms. The fraction of sp³-hybridized carbons (Fsp3) is 0.793. The molecule has 1 fully saturated rings. The molecule has 1 aromatic rings. The van der Waals surface area contributed by atoms with Crippen LogP contribution in [0.4, 0.5) is 15.5 Å². The quantitative estimate of drug-likeness (QED) is 0.118. The third-order valence-electron chi connectivity index (χ3n) is 7.19. The molecule has 0 aliphatic heterocycles. The van der Waals surface area contributed by atoms with E-state index in [0.717, 1.165) is 31.7 Å². The first kappa shape index (κ1) is 39.3. The number of anilines is 1. The maximum Gasteiger partial charge on any atom is 0.321 e. The number of nitrogens with zero attached hydrogens (tertiary/aromatic N) is 1. The van der Waals surface area contributed by atoms with Gasteiger partial charge < -0.3 is 28.3 Å². The van der Waals surface area contributed by atoms with Gasteiger partial charge in [-0.25, -0.2) is 14.6 Å². The number of carbonyl (C=O) groups excluding carboxylic acids is 2. The molecule has 0 aromatic carbocycles. The SMILES string of the molecule is Cc1cc(=O)[nH]c(NC(=O)NCC2(C)CC(NC(=O)NCCC[Si](C)(O[Si](C)(C)C)O[Si](C)(C)O[Si](C)(C)C)CC(C)(C)C2)n1. The van der Waals surface area contributed by atoms with Gasteiger partial charge in [0.25, 0.3) is 5.56 Å². The Kier molecular flexibility index (Phi) is 13.1. The van der Waals surface area contributed by atoms with Crippen LogP contribution in [0.2, 0.25) is 65.0 Å². The Hall–Kier alpha value is -1.83. The first-order chi connectivity index (χ1) is 20.3. The lowest BCUT2D eigenvalue weighted by Gasteiger charge is -2.46. The molecule has 3 atom stereocenters. The first-order valence-corrected chi connectivity index (χ1v) is 28.2. The maximum absolute atomic E-state index is 13.0. The number of aromatic amines is 1. The number of amides is 4. The molecule has 258 valence electrons. The van der Waals surface area contributed by atoms with Crippen LogP contribution < -0.4 is 26.8 Å². The van der Waals surface area contributed by atoms with Gasteiger partial charge in [0.05, 0.1) is 0 Å². The lowest BCUT2D eigenvalue weighted by Crippen LogP contribution is -2.57. The van der Waals surface area contributed by atoms with Crippen LogP contribution in [0.25, 0.3) is 0 Å². The number of aryl methyl sites for hydroxylation is 1. The van der Waals surface area contributed by atoms with Gasteiger partial charge in [-0.15, -0.1) is 0 Å². The van der Waals surface area contributed by atoms with Crippen molar-refractivity contribution < 1.29 is 21.9 Å². The van der Waals surface area contributed by atoms with Crippen molar-refractivity contribution in [2.75, 3.05) is 18.4 Å². The van der Waals surface area contributed by atoms with Crippen molar-refractivity contribution in [3.05, 3.63) is 22.1 Å². The molecular formula is C29H60N6O6Si4. The molecule has 4 amide bonds. The minimum Gasteiger partial charge on any atom is -0.437 e. The van der Waals surface area contributed by atoms with E-state index in [4.69, 9.17) is 12.3 Å². The summed E-state index contributed by atoms with van der Waals surface area (Å²) in [5, 5.41) is 11.8. The number of nitrogens with one attached hydrogen (secondary N) is 5. The first-order valence-electron chi connectivity index (χ1n) is 16.0. The van der Waals surface area contributed by atoms with Crippen molar-refractivity contribution in [2.24, 2.45) is 10.8 Å². The topological polar surface area (TPSA) is 156 Å². The van der Waals surface area contributed by atoms with Gasteiger partial charge in [0.2, 0.25) is 5.95 Å². The van der Waals surface area contributed by atoms with E-state index in [-0.39, 0.29) is 34.4 Å². The van der Waals surface area contributed by atoms with Crippen molar-refractivity contribution >= 4 is 51.8 Å². The third-order valence-corrected chi connectivity index (χ3v) is 20.7. The van der Waals surface area contributed by atoms with E-state index in [1.165, 1.54) is 6.07 Å². The van der Waals surface area contributed by atoms with Crippen LogP contribution in [0.1, 0.15) is 52.1 Å². The van der Waals surface area contributed by atoms with E-state index in [1.54, 1.807) is 6.92 Å². The van der Waals surface area contributed by atoms with Gasteiger partial charge in [0.15, 0.2) is 16.6 Å². The fourth-order valence-corrected chi connectivity index (χ4v) is 24.8. The summed E-state index contributed by atoms with van der Waals surface area (Å²) in [5.74, 6) is 0.107. The lowest BCUT2D eigenvalue weighted by molar-refractivity contribution is 0.0754. The average Bonchev–Trinajstić information content (AvgIpc) is 2.75. The Balaban J connectivity index is 1.92. The summed E-state index contributed by atoms with van der Waals surface area (Å²) in [6.07, 6.45) is 3.21. The Morgan fingerprint density at radius 1 is 0.933 bits per heavy atom. The van der Waals surface area contributed by atoms with Crippen molar-refractivity contribution in [2.45, 2.75) is 124 Å². The zero-order chi connectivity index (χ0) is 34.5. The highest BCUT2D eigenvalue weighted by Gasteiger charge is 2.44. The number of carbonyl (C=O) groups is 2. The Morgan fingerprint density at radius 2 is 1.56 bits per heavy atom. The normalized spacial score (nSPS) is 21.8. The minimum atomic E-state index is -2.53. The molecule has 1 saturated carbocycles. The second kappa shape index (κ2) is 14.9. The second-order valence-electron chi connectivity index (χ2n) is 16.4. The van der Waals surface area contributed by atoms with E-state index < -0.39 is 39.8 Å². The molecule has 0 bridgehead atoms. The summed E-state index contributed by atoms with van der Waals surface area (Å²) < 4.78 is 19.9. The predicted molar refractivity (Wildman–Crippen MR) is 191 cm³/mol. The molecule has 16 heteroatoms. The van der Waals surface area contributed by atoms with Crippen molar-refractivity contribution in [1.82, 2.24) is 25.9 Å². The average molecular weight is 701 g/mol. The summed E-state index contributed by atoms with van der Waals surface area (Å²) >= 11 is 0. The largest absolute Gasteiger partial charge is 0.437 e. The third kappa shape index (κ3) is 15.5. The van der Waals surface area contributed by atoms with Gasteiger partial charge in [-0.1, -0.05) is 20.8 Å². The molecule has 0 saturated heterocycles. The fourth-order valence-electron chi connectivity index (χ4n) is 6.85. The molecule has 1 aromatic heterocycles. The van der Waals surface area contributed by atoms with Gasteiger partial charge in [0.1, 0.15) is 0 Å². The molecular weight excluding hydrogens is 641 g/mol. The maximum atomic E-state index is 13.0. The number of aromatic nitrogens is 2. The van der Waals surface area contributed by atoms with Crippen LogP contribution in [-0.4, -0.2) is 74.9 Å². The molecule has 3 unspecified atom stereocenters. The second-order valence-corrected chi connectivity index (χ2v) is 32.8. The zero-order valence-corrected chi connectivity index (χ0v) is 34.0. The Bertz CT molecular complexity index is 1230. The zero-order valence-electron chi connectivity index (χ0n) is 30.0. The molecule has 1 aliphatic carbocycles. The van der Waals surface area contributed by atoms with Crippen LogP contribution in [-0.2, 0) is 12.3 Å². The number of rotatable bonds is 14. The van der Waals surface area contributed by atoms with Gasteiger partial charge in [0, 0.05) is 30.9 Å².